The second-order valence-corrected chi connectivity index (χ2v) is 6.95. The first-order valence-corrected chi connectivity index (χ1v) is 8.40. The number of hydrogen-bond acceptors (Lipinski definition) is 3. The fourth-order valence-corrected chi connectivity index (χ4v) is 3.17. The maximum Gasteiger partial charge on any atom is 0.224 e. The Labute approximate surface area is 148 Å². The van der Waals surface area contributed by atoms with E-state index in [-0.39, 0.29) is 11.8 Å². The van der Waals surface area contributed by atoms with Crippen LogP contribution in [0.1, 0.15) is 41.8 Å². The summed E-state index contributed by atoms with van der Waals surface area (Å²) >= 11 is 6.21. The van der Waals surface area contributed by atoms with Crippen LogP contribution in [0.15, 0.2) is 18.2 Å². The number of rotatable bonds is 6. The van der Waals surface area contributed by atoms with E-state index < -0.39 is 0 Å². The lowest BCUT2D eigenvalue weighted by molar-refractivity contribution is -0.116. The van der Waals surface area contributed by atoms with E-state index in [2.05, 4.69) is 15.5 Å². The van der Waals surface area contributed by atoms with Crippen molar-refractivity contribution in [2.75, 3.05) is 19.4 Å². The van der Waals surface area contributed by atoms with E-state index >= 15 is 0 Å². The van der Waals surface area contributed by atoms with Gasteiger partial charge in [0, 0.05) is 29.4 Å². The van der Waals surface area contributed by atoms with Crippen molar-refractivity contribution in [2.45, 2.75) is 39.7 Å². The second kappa shape index (κ2) is 7.81. The molecular weight excluding hydrogens is 324 g/mol. The molecule has 1 atom stereocenters. The van der Waals surface area contributed by atoms with E-state index in [1.807, 2.05) is 58.0 Å². The van der Waals surface area contributed by atoms with Crippen LogP contribution >= 0.6 is 11.6 Å². The van der Waals surface area contributed by atoms with Crippen molar-refractivity contribution in [2.24, 2.45) is 0 Å². The molecule has 0 saturated heterocycles. The van der Waals surface area contributed by atoms with Gasteiger partial charge in [-0.3, -0.25) is 9.89 Å². The van der Waals surface area contributed by atoms with Crippen LogP contribution in [0.2, 0.25) is 5.02 Å². The molecule has 0 aliphatic heterocycles. The van der Waals surface area contributed by atoms with Crippen molar-refractivity contribution in [3.63, 3.8) is 0 Å². The average Bonchev–Trinajstić information content (AvgIpc) is 2.81. The van der Waals surface area contributed by atoms with Gasteiger partial charge in [-0.05, 0) is 63.2 Å². The van der Waals surface area contributed by atoms with E-state index in [0.29, 0.717) is 11.4 Å². The number of nitrogens with zero attached hydrogens (tertiary/aromatic N) is 2. The summed E-state index contributed by atoms with van der Waals surface area (Å²) < 4.78 is 0. The van der Waals surface area contributed by atoms with Crippen molar-refractivity contribution in [3.8, 4) is 0 Å². The SMILES string of the molecule is Cc1n[nH]c(C)c1C(C)CC(=O)Nc1ccc(Cl)c(CN(C)C)c1. The molecule has 24 heavy (non-hydrogen) atoms. The van der Waals surface area contributed by atoms with Crippen molar-refractivity contribution < 1.29 is 4.79 Å². The van der Waals surface area contributed by atoms with Gasteiger partial charge >= 0.3 is 0 Å². The quantitative estimate of drug-likeness (QED) is 0.832. The van der Waals surface area contributed by atoms with Crippen LogP contribution in [0.4, 0.5) is 5.69 Å². The highest BCUT2D eigenvalue weighted by molar-refractivity contribution is 6.31. The maximum atomic E-state index is 12.4. The van der Waals surface area contributed by atoms with Gasteiger partial charge in [0.25, 0.3) is 0 Å². The summed E-state index contributed by atoms with van der Waals surface area (Å²) in [5, 5.41) is 10.8. The fraction of sp³-hybridized carbons (Fsp3) is 0.444. The minimum Gasteiger partial charge on any atom is -0.326 e. The third-order valence-corrected chi connectivity index (χ3v) is 4.35. The number of carbonyl (C=O) groups excluding carboxylic acids is 1. The molecule has 0 aliphatic rings. The molecule has 0 saturated carbocycles. The third-order valence-electron chi connectivity index (χ3n) is 3.99. The zero-order chi connectivity index (χ0) is 17.9. The smallest absolute Gasteiger partial charge is 0.224 e. The van der Waals surface area contributed by atoms with Crippen molar-refractivity contribution in [3.05, 3.63) is 45.7 Å². The number of benzene rings is 1. The molecule has 130 valence electrons. The van der Waals surface area contributed by atoms with E-state index in [1.54, 1.807) is 0 Å². The van der Waals surface area contributed by atoms with E-state index in [1.165, 1.54) is 0 Å². The number of nitrogens with one attached hydrogen (secondary N) is 2. The van der Waals surface area contributed by atoms with Crippen molar-refractivity contribution in [1.82, 2.24) is 15.1 Å². The summed E-state index contributed by atoms with van der Waals surface area (Å²) in [6, 6.07) is 5.58. The molecule has 5 nitrogen and oxygen atoms in total. The normalized spacial score (nSPS) is 12.5. The Morgan fingerprint density at radius 3 is 2.67 bits per heavy atom. The number of aromatic amines is 1. The van der Waals surface area contributed by atoms with E-state index in [9.17, 15) is 4.79 Å². The van der Waals surface area contributed by atoms with Crippen LogP contribution in [0, 0.1) is 13.8 Å². The number of anilines is 1. The molecule has 0 aliphatic carbocycles. The molecule has 1 unspecified atom stereocenters. The van der Waals surface area contributed by atoms with Gasteiger partial charge in [0.15, 0.2) is 0 Å². The standard InChI is InChI=1S/C18H25ClN4O/c1-11(18-12(2)21-22-13(18)3)8-17(24)20-15-6-7-16(19)14(9-15)10-23(4)5/h6-7,9,11H,8,10H2,1-5H3,(H,20,24)(H,21,22). The lowest BCUT2D eigenvalue weighted by atomic mass is 9.95. The number of hydrogen-bond donors (Lipinski definition) is 2. The number of aromatic nitrogens is 2. The van der Waals surface area contributed by atoms with Gasteiger partial charge in [-0.25, -0.2) is 0 Å². The van der Waals surface area contributed by atoms with Gasteiger partial charge in [0.2, 0.25) is 5.91 Å². The van der Waals surface area contributed by atoms with E-state index in [0.717, 1.165) is 34.7 Å². The Hall–Kier alpha value is -1.85. The largest absolute Gasteiger partial charge is 0.326 e. The number of aryl methyl sites for hydroxylation is 2. The minimum absolute atomic E-state index is 0.0133. The Morgan fingerprint density at radius 1 is 1.38 bits per heavy atom. The molecule has 0 spiro atoms. The Bertz CT molecular complexity index is 704. The van der Waals surface area contributed by atoms with E-state index in [4.69, 9.17) is 11.6 Å². The Balaban J connectivity index is 2.04. The summed E-state index contributed by atoms with van der Waals surface area (Å²) in [4.78, 5) is 14.4. The highest BCUT2D eigenvalue weighted by Crippen LogP contribution is 2.26. The molecular formula is C18H25ClN4O. The van der Waals surface area contributed by atoms with Crippen molar-refractivity contribution in [1.29, 1.82) is 0 Å². The first-order valence-electron chi connectivity index (χ1n) is 8.02. The summed E-state index contributed by atoms with van der Waals surface area (Å²) in [6.07, 6.45) is 0.410. The molecule has 2 N–H and O–H groups in total. The summed E-state index contributed by atoms with van der Waals surface area (Å²) in [6.45, 7) is 6.71. The molecule has 1 heterocycles. The molecule has 0 fully saturated rings. The monoisotopic (exact) mass is 348 g/mol. The molecule has 1 aromatic carbocycles. The number of H-pyrrole nitrogens is 1. The lowest BCUT2D eigenvalue weighted by Crippen LogP contribution is -2.16. The van der Waals surface area contributed by atoms with Gasteiger partial charge in [-0.15, -0.1) is 0 Å². The van der Waals surface area contributed by atoms with Gasteiger partial charge in [-0.2, -0.15) is 5.10 Å². The second-order valence-electron chi connectivity index (χ2n) is 6.55. The van der Waals surface area contributed by atoms with Gasteiger partial charge in [0.1, 0.15) is 0 Å². The van der Waals surface area contributed by atoms with Crippen LogP contribution < -0.4 is 5.32 Å². The van der Waals surface area contributed by atoms with Crippen LogP contribution in [0.25, 0.3) is 0 Å². The summed E-state index contributed by atoms with van der Waals surface area (Å²) in [7, 11) is 3.97. The van der Waals surface area contributed by atoms with Crippen LogP contribution in [0.3, 0.4) is 0 Å². The Kier molecular flexibility index (Phi) is 6.02. The number of halogens is 1. The lowest BCUT2D eigenvalue weighted by Gasteiger charge is -2.15. The molecule has 0 radical (unpaired) electrons. The molecule has 2 rings (SSSR count). The third kappa shape index (κ3) is 4.58. The summed E-state index contributed by atoms with van der Waals surface area (Å²) in [5.41, 5.74) is 4.86. The maximum absolute atomic E-state index is 12.4. The molecule has 1 amide bonds. The first kappa shape index (κ1) is 18.5. The predicted octanol–water partition coefficient (Wildman–Crippen LogP) is 3.87. The van der Waals surface area contributed by atoms with Crippen LogP contribution in [-0.2, 0) is 11.3 Å². The van der Waals surface area contributed by atoms with Crippen LogP contribution in [0.5, 0.6) is 0 Å². The number of amides is 1. The molecule has 6 heteroatoms. The fourth-order valence-electron chi connectivity index (χ4n) is 2.99. The first-order chi connectivity index (χ1) is 11.3. The molecule has 0 bridgehead atoms. The van der Waals surface area contributed by atoms with Gasteiger partial charge < -0.3 is 10.2 Å². The van der Waals surface area contributed by atoms with Gasteiger partial charge in [-0.1, -0.05) is 18.5 Å². The molecule has 1 aromatic heterocycles. The average molecular weight is 349 g/mol. The highest BCUT2D eigenvalue weighted by Gasteiger charge is 2.18. The predicted molar refractivity (Wildman–Crippen MR) is 98.6 cm³/mol. The molecule has 2 aromatic rings. The van der Waals surface area contributed by atoms with Crippen LogP contribution in [-0.4, -0.2) is 35.1 Å². The topological polar surface area (TPSA) is 61.0 Å². The zero-order valence-electron chi connectivity index (χ0n) is 14.9. The number of carbonyl (C=O) groups is 1. The summed E-state index contributed by atoms with van der Waals surface area (Å²) in [5.74, 6) is 0.0953. The highest BCUT2D eigenvalue weighted by atomic mass is 35.5. The van der Waals surface area contributed by atoms with Gasteiger partial charge in [0.05, 0.1) is 5.69 Å². The Morgan fingerprint density at radius 2 is 2.08 bits per heavy atom. The zero-order valence-corrected chi connectivity index (χ0v) is 15.7. The van der Waals surface area contributed by atoms with Crippen molar-refractivity contribution >= 4 is 23.2 Å². The minimum atomic E-state index is -0.0133.